The SMILES string of the molecule is COCCN(CCCOC1CCNCC1)C(C)C. The lowest BCUT2D eigenvalue weighted by atomic mass is 10.1. The fourth-order valence-corrected chi connectivity index (χ4v) is 2.32. The third-order valence-electron chi connectivity index (χ3n) is 3.54. The third kappa shape index (κ3) is 6.69. The summed E-state index contributed by atoms with van der Waals surface area (Å²) in [4.78, 5) is 2.45. The molecule has 0 unspecified atom stereocenters. The van der Waals surface area contributed by atoms with E-state index < -0.39 is 0 Å². The number of ether oxygens (including phenoxy) is 2. The Labute approximate surface area is 112 Å². The average Bonchev–Trinajstić information content (AvgIpc) is 2.38. The largest absolute Gasteiger partial charge is 0.383 e. The number of rotatable bonds is 9. The molecule has 0 aromatic rings. The zero-order valence-corrected chi connectivity index (χ0v) is 12.3. The predicted octanol–water partition coefficient (Wildman–Crippen LogP) is 1.50. The van der Waals surface area contributed by atoms with Crippen molar-refractivity contribution in [1.82, 2.24) is 10.2 Å². The van der Waals surface area contributed by atoms with E-state index in [1.165, 1.54) is 0 Å². The maximum Gasteiger partial charge on any atom is 0.0599 e. The van der Waals surface area contributed by atoms with Crippen LogP contribution in [0.15, 0.2) is 0 Å². The first-order valence-corrected chi connectivity index (χ1v) is 7.29. The zero-order chi connectivity index (χ0) is 13.2. The van der Waals surface area contributed by atoms with E-state index in [2.05, 4.69) is 24.1 Å². The van der Waals surface area contributed by atoms with Gasteiger partial charge in [0.1, 0.15) is 0 Å². The van der Waals surface area contributed by atoms with Crippen molar-refractivity contribution in [3.8, 4) is 0 Å². The summed E-state index contributed by atoms with van der Waals surface area (Å²) in [5.41, 5.74) is 0. The van der Waals surface area contributed by atoms with Crippen molar-refractivity contribution in [3.63, 3.8) is 0 Å². The van der Waals surface area contributed by atoms with Gasteiger partial charge in [0, 0.05) is 32.8 Å². The molecule has 0 spiro atoms. The van der Waals surface area contributed by atoms with E-state index in [1.54, 1.807) is 7.11 Å². The van der Waals surface area contributed by atoms with E-state index >= 15 is 0 Å². The lowest BCUT2D eigenvalue weighted by molar-refractivity contribution is 0.0250. The number of nitrogens with one attached hydrogen (secondary N) is 1. The Morgan fingerprint density at radius 2 is 1.89 bits per heavy atom. The van der Waals surface area contributed by atoms with E-state index in [4.69, 9.17) is 9.47 Å². The maximum absolute atomic E-state index is 5.92. The molecule has 18 heavy (non-hydrogen) atoms. The molecule has 1 N–H and O–H groups in total. The Hall–Kier alpha value is -0.160. The van der Waals surface area contributed by atoms with Crippen LogP contribution in [0.3, 0.4) is 0 Å². The Morgan fingerprint density at radius 3 is 2.50 bits per heavy atom. The number of piperidine rings is 1. The topological polar surface area (TPSA) is 33.7 Å². The molecule has 0 radical (unpaired) electrons. The van der Waals surface area contributed by atoms with Gasteiger partial charge in [0.2, 0.25) is 0 Å². The minimum absolute atomic E-state index is 0.484. The summed E-state index contributed by atoms with van der Waals surface area (Å²) >= 11 is 0. The Bertz CT molecular complexity index is 194. The second-order valence-electron chi connectivity index (χ2n) is 5.30. The summed E-state index contributed by atoms with van der Waals surface area (Å²) in [7, 11) is 1.76. The molecule has 0 aromatic heterocycles. The minimum Gasteiger partial charge on any atom is -0.383 e. The van der Waals surface area contributed by atoms with Gasteiger partial charge in [0.05, 0.1) is 12.7 Å². The van der Waals surface area contributed by atoms with Gasteiger partial charge in [-0.05, 0) is 46.2 Å². The zero-order valence-electron chi connectivity index (χ0n) is 12.3. The normalized spacial score (nSPS) is 17.8. The monoisotopic (exact) mass is 258 g/mol. The van der Waals surface area contributed by atoms with Gasteiger partial charge >= 0.3 is 0 Å². The highest BCUT2D eigenvalue weighted by atomic mass is 16.5. The third-order valence-corrected chi connectivity index (χ3v) is 3.54. The van der Waals surface area contributed by atoms with Gasteiger partial charge in [0.15, 0.2) is 0 Å². The van der Waals surface area contributed by atoms with Gasteiger partial charge in [-0.3, -0.25) is 4.90 Å². The first kappa shape index (κ1) is 15.9. The minimum atomic E-state index is 0.484. The van der Waals surface area contributed by atoms with Crippen molar-refractivity contribution in [2.24, 2.45) is 0 Å². The summed E-state index contributed by atoms with van der Waals surface area (Å²) < 4.78 is 11.1. The highest BCUT2D eigenvalue weighted by molar-refractivity contribution is 4.68. The van der Waals surface area contributed by atoms with Crippen LogP contribution in [0.5, 0.6) is 0 Å². The molecule has 0 aliphatic carbocycles. The van der Waals surface area contributed by atoms with E-state index in [0.717, 1.165) is 58.7 Å². The molecule has 1 aliphatic rings. The molecular formula is C14H30N2O2. The van der Waals surface area contributed by atoms with Crippen LogP contribution in [-0.2, 0) is 9.47 Å². The van der Waals surface area contributed by atoms with Crippen molar-refractivity contribution in [2.45, 2.75) is 45.3 Å². The van der Waals surface area contributed by atoms with Crippen LogP contribution in [0.2, 0.25) is 0 Å². The second-order valence-corrected chi connectivity index (χ2v) is 5.30. The second kappa shape index (κ2) is 9.73. The van der Waals surface area contributed by atoms with E-state index in [-0.39, 0.29) is 0 Å². The number of nitrogens with zero attached hydrogens (tertiary/aromatic N) is 1. The van der Waals surface area contributed by atoms with Gasteiger partial charge < -0.3 is 14.8 Å². The molecule has 0 amide bonds. The summed E-state index contributed by atoms with van der Waals surface area (Å²) in [6, 6.07) is 0.582. The maximum atomic E-state index is 5.92. The average molecular weight is 258 g/mol. The molecule has 108 valence electrons. The number of methoxy groups -OCH3 is 1. The standard InChI is InChI=1S/C14H30N2O2/c1-13(2)16(10-12-17-3)9-4-11-18-14-5-7-15-8-6-14/h13-15H,4-12H2,1-3H3. The number of hydrogen-bond donors (Lipinski definition) is 1. The van der Waals surface area contributed by atoms with Crippen LogP contribution in [0.1, 0.15) is 33.1 Å². The molecule has 4 heteroatoms. The highest BCUT2D eigenvalue weighted by Gasteiger charge is 2.13. The Balaban J connectivity index is 2.06. The predicted molar refractivity (Wildman–Crippen MR) is 75.0 cm³/mol. The van der Waals surface area contributed by atoms with Crippen molar-refractivity contribution in [1.29, 1.82) is 0 Å². The lowest BCUT2D eigenvalue weighted by Gasteiger charge is -2.27. The first-order chi connectivity index (χ1) is 8.74. The summed E-state index contributed by atoms with van der Waals surface area (Å²) in [6.07, 6.45) is 3.93. The van der Waals surface area contributed by atoms with E-state index in [9.17, 15) is 0 Å². The number of hydrogen-bond acceptors (Lipinski definition) is 4. The van der Waals surface area contributed by atoms with Gasteiger partial charge in [-0.15, -0.1) is 0 Å². The fourth-order valence-electron chi connectivity index (χ4n) is 2.32. The molecule has 1 rings (SSSR count). The quantitative estimate of drug-likeness (QED) is 0.636. The van der Waals surface area contributed by atoms with Gasteiger partial charge in [0.25, 0.3) is 0 Å². The van der Waals surface area contributed by atoms with Crippen LogP contribution in [-0.4, -0.2) is 63.5 Å². The molecular weight excluding hydrogens is 228 g/mol. The molecule has 0 saturated carbocycles. The molecule has 1 heterocycles. The fraction of sp³-hybridized carbons (Fsp3) is 1.00. The van der Waals surface area contributed by atoms with Crippen molar-refractivity contribution >= 4 is 0 Å². The van der Waals surface area contributed by atoms with Crippen LogP contribution in [0.25, 0.3) is 0 Å². The molecule has 1 aliphatic heterocycles. The Kier molecular flexibility index (Phi) is 8.59. The molecule has 1 fully saturated rings. The van der Waals surface area contributed by atoms with Gasteiger partial charge in [-0.25, -0.2) is 0 Å². The van der Waals surface area contributed by atoms with Crippen LogP contribution < -0.4 is 5.32 Å². The van der Waals surface area contributed by atoms with Crippen molar-refractivity contribution < 1.29 is 9.47 Å². The Morgan fingerprint density at radius 1 is 1.17 bits per heavy atom. The van der Waals surface area contributed by atoms with Crippen LogP contribution in [0, 0.1) is 0 Å². The van der Waals surface area contributed by atoms with E-state index in [0.29, 0.717) is 12.1 Å². The molecule has 1 saturated heterocycles. The smallest absolute Gasteiger partial charge is 0.0599 e. The highest BCUT2D eigenvalue weighted by Crippen LogP contribution is 2.08. The lowest BCUT2D eigenvalue weighted by Crippen LogP contribution is -2.36. The molecule has 4 nitrogen and oxygen atoms in total. The van der Waals surface area contributed by atoms with E-state index in [1.807, 2.05) is 0 Å². The molecule has 0 atom stereocenters. The summed E-state index contributed by atoms with van der Waals surface area (Å²) in [6.45, 7) is 10.5. The van der Waals surface area contributed by atoms with Gasteiger partial charge in [-0.1, -0.05) is 0 Å². The first-order valence-electron chi connectivity index (χ1n) is 7.29. The molecule has 0 bridgehead atoms. The van der Waals surface area contributed by atoms with Crippen LogP contribution >= 0.6 is 0 Å². The summed E-state index contributed by atoms with van der Waals surface area (Å²) in [5.74, 6) is 0. The summed E-state index contributed by atoms with van der Waals surface area (Å²) in [5, 5.41) is 3.36. The van der Waals surface area contributed by atoms with Crippen molar-refractivity contribution in [2.75, 3.05) is 46.5 Å². The van der Waals surface area contributed by atoms with Crippen LogP contribution in [0.4, 0.5) is 0 Å². The molecule has 0 aromatic carbocycles. The van der Waals surface area contributed by atoms with Gasteiger partial charge in [-0.2, -0.15) is 0 Å². The van der Waals surface area contributed by atoms with Crippen molar-refractivity contribution in [3.05, 3.63) is 0 Å².